The van der Waals surface area contributed by atoms with Gasteiger partial charge in [0.05, 0.1) is 5.69 Å². The Kier molecular flexibility index (Phi) is 2.41. The van der Waals surface area contributed by atoms with Crippen molar-refractivity contribution in [3.63, 3.8) is 0 Å². The van der Waals surface area contributed by atoms with Crippen molar-refractivity contribution in [2.75, 3.05) is 0 Å². The lowest BCUT2D eigenvalue weighted by molar-refractivity contribution is 1.02. The standard InChI is InChI=1S/C10H8ClN3/c1-7-3-2-4-8(12-7)9-5-6-10(11)14-13-9/h2-6H,1H3. The summed E-state index contributed by atoms with van der Waals surface area (Å²) in [6.45, 7) is 1.94. The zero-order chi connectivity index (χ0) is 9.97. The molecule has 0 saturated heterocycles. The van der Waals surface area contributed by atoms with Crippen LogP contribution in [0, 0.1) is 6.92 Å². The maximum atomic E-state index is 5.64. The third-order valence-electron chi connectivity index (χ3n) is 1.78. The predicted octanol–water partition coefficient (Wildman–Crippen LogP) is 2.50. The third-order valence-corrected chi connectivity index (χ3v) is 1.98. The average Bonchev–Trinajstić information content (AvgIpc) is 2.19. The first-order valence-electron chi connectivity index (χ1n) is 4.19. The Hall–Kier alpha value is -1.48. The molecule has 0 amide bonds. The number of rotatable bonds is 1. The second kappa shape index (κ2) is 3.72. The Balaban J connectivity index is 2.44. The van der Waals surface area contributed by atoms with Crippen molar-refractivity contribution in [1.29, 1.82) is 0 Å². The molecule has 0 saturated carbocycles. The summed E-state index contributed by atoms with van der Waals surface area (Å²) in [6.07, 6.45) is 0. The van der Waals surface area contributed by atoms with Crippen LogP contribution in [0.3, 0.4) is 0 Å². The van der Waals surface area contributed by atoms with E-state index in [1.807, 2.05) is 25.1 Å². The predicted molar refractivity (Wildman–Crippen MR) is 55.0 cm³/mol. The second-order valence-corrected chi connectivity index (χ2v) is 3.29. The van der Waals surface area contributed by atoms with Gasteiger partial charge >= 0.3 is 0 Å². The van der Waals surface area contributed by atoms with Gasteiger partial charge < -0.3 is 0 Å². The quantitative estimate of drug-likeness (QED) is 0.718. The SMILES string of the molecule is Cc1cccc(-c2ccc(Cl)nn2)n1. The van der Waals surface area contributed by atoms with E-state index in [2.05, 4.69) is 15.2 Å². The molecule has 0 N–H and O–H groups in total. The van der Waals surface area contributed by atoms with Gasteiger partial charge in [-0.1, -0.05) is 17.7 Å². The lowest BCUT2D eigenvalue weighted by Crippen LogP contribution is -1.91. The summed E-state index contributed by atoms with van der Waals surface area (Å²) in [5.41, 5.74) is 2.51. The molecule has 2 heterocycles. The van der Waals surface area contributed by atoms with Gasteiger partial charge in [0.25, 0.3) is 0 Å². The van der Waals surface area contributed by atoms with Gasteiger partial charge in [0.2, 0.25) is 0 Å². The Morgan fingerprint density at radius 2 is 1.86 bits per heavy atom. The van der Waals surface area contributed by atoms with Crippen LogP contribution < -0.4 is 0 Å². The smallest absolute Gasteiger partial charge is 0.151 e. The van der Waals surface area contributed by atoms with Crippen LogP contribution in [0.5, 0.6) is 0 Å². The summed E-state index contributed by atoms with van der Waals surface area (Å²) in [5.74, 6) is 0. The van der Waals surface area contributed by atoms with Crippen molar-refractivity contribution in [1.82, 2.24) is 15.2 Å². The van der Waals surface area contributed by atoms with Crippen molar-refractivity contribution in [2.45, 2.75) is 6.92 Å². The molecule has 0 aromatic carbocycles. The van der Waals surface area contributed by atoms with Gasteiger partial charge in [-0.15, -0.1) is 10.2 Å². The number of halogens is 1. The fourth-order valence-corrected chi connectivity index (χ4v) is 1.24. The molecule has 0 bridgehead atoms. The largest absolute Gasteiger partial charge is 0.251 e. The van der Waals surface area contributed by atoms with Gasteiger partial charge in [-0.3, -0.25) is 4.98 Å². The Labute approximate surface area is 86.8 Å². The summed E-state index contributed by atoms with van der Waals surface area (Å²) < 4.78 is 0. The molecule has 0 aliphatic rings. The molecule has 70 valence electrons. The van der Waals surface area contributed by atoms with Gasteiger partial charge in [0, 0.05) is 5.69 Å². The van der Waals surface area contributed by atoms with E-state index in [1.54, 1.807) is 12.1 Å². The molecule has 0 radical (unpaired) electrons. The highest BCUT2D eigenvalue weighted by Crippen LogP contribution is 2.14. The van der Waals surface area contributed by atoms with Crippen LogP contribution in [0.2, 0.25) is 5.15 Å². The molecule has 2 aromatic heterocycles. The maximum absolute atomic E-state index is 5.64. The molecular formula is C10H8ClN3. The first-order valence-corrected chi connectivity index (χ1v) is 4.57. The molecule has 2 aromatic rings. The van der Waals surface area contributed by atoms with Crippen LogP contribution in [-0.4, -0.2) is 15.2 Å². The van der Waals surface area contributed by atoms with E-state index < -0.39 is 0 Å². The van der Waals surface area contributed by atoms with Crippen molar-refractivity contribution < 1.29 is 0 Å². The first kappa shape index (κ1) is 9.09. The van der Waals surface area contributed by atoms with Crippen molar-refractivity contribution >= 4 is 11.6 Å². The van der Waals surface area contributed by atoms with Crippen molar-refractivity contribution in [3.8, 4) is 11.4 Å². The van der Waals surface area contributed by atoms with Crippen LogP contribution in [0.25, 0.3) is 11.4 Å². The minimum Gasteiger partial charge on any atom is -0.251 e. The van der Waals surface area contributed by atoms with Gasteiger partial charge in [0.15, 0.2) is 5.15 Å². The molecule has 0 aliphatic carbocycles. The molecular weight excluding hydrogens is 198 g/mol. The molecule has 0 aliphatic heterocycles. The molecule has 14 heavy (non-hydrogen) atoms. The van der Waals surface area contributed by atoms with Crippen LogP contribution in [0.4, 0.5) is 0 Å². The van der Waals surface area contributed by atoms with Crippen molar-refractivity contribution in [2.24, 2.45) is 0 Å². The number of nitrogens with zero attached hydrogens (tertiary/aromatic N) is 3. The summed E-state index contributed by atoms with van der Waals surface area (Å²) in [7, 11) is 0. The second-order valence-electron chi connectivity index (χ2n) is 2.91. The fraction of sp³-hybridized carbons (Fsp3) is 0.100. The molecule has 0 unspecified atom stereocenters. The highest BCUT2D eigenvalue weighted by molar-refractivity contribution is 6.29. The minimum atomic E-state index is 0.390. The van der Waals surface area contributed by atoms with Crippen LogP contribution >= 0.6 is 11.6 Å². The van der Waals surface area contributed by atoms with Crippen LogP contribution in [-0.2, 0) is 0 Å². The molecule has 2 rings (SSSR count). The summed E-state index contributed by atoms with van der Waals surface area (Å²) in [5, 5.41) is 8.10. The van der Waals surface area contributed by atoms with Gasteiger partial charge in [-0.2, -0.15) is 0 Å². The third kappa shape index (κ3) is 1.88. The van der Waals surface area contributed by atoms with E-state index in [4.69, 9.17) is 11.6 Å². The van der Waals surface area contributed by atoms with E-state index in [9.17, 15) is 0 Å². The zero-order valence-electron chi connectivity index (χ0n) is 7.61. The minimum absolute atomic E-state index is 0.390. The highest BCUT2D eigenvalue weighted by atomic mass is 35.5. The summed E-state index contributed by atoms with van der Waals surface area (Å²) in [6, 6.07) is 9.27. The van der Waals surface area contributed by atoms with E-state index >= 15 is 0 Å². The molecule has 4 heteroatoms. The van der Waals surface area contributed by atoms with Gasteiger partial charge in [-0.05, 0) is 31.2 Å². The molecule has 0 atom stereocenters. The lowest BCUT2D eigenvalue weighted by atomic mass is 10.2. The zero-order valence-corrected chi connectivity index (χ0v) is 8.36. The van der Waals surface area contributed by atoms with Gasteiger partial charge in [0.1, 0.15) is 5.69 Å². The highest BCUT2D eigenvalue weighted by Gasteiger charge is 2.01. The number of aryl methyl sites for hydroxylation is 1. The van der Waals surface area contributed by atoms with Crippen LogP contribution in [0.15, 0.2) is 30.3 Å². The maximum Gasteiger partial charge on any atom is 0.151 e. The monoisotopic (exact) mass is 205 g/mol. The number of pyridine rings is 1. The van der Waals surface area contributed by atoms with E-state index in [-0.39, 0.29) is 0 Å². The van der Waals surface area contributed by atoms with Crippen molar-refractivity contribution in [3.05, 3.63) is 41.2 Å². The van der Waals surface area contributed by atoms with Crippen LogP contribution in [0.1, 0.15) is 5.69 Å². The number of hydrogen-bond acceptors (Lipinski definition) is 3. The topological polar surface area (TPSA) is 38.7 Å². The molecule has 0 spiro atoms. The number of hydrogen-bond donors (Lipinski definition) is 0. The summed E-state index contributed by atoms with van der Waals surface area (Å²) in [4.78, 5) is 4.33. The van der Waals surface area contributed by atoms with E-state index in [0.717, 1.165) is 17.1 Å². The lowest BCUT2D eigenvalue weighted by Gasteiger charge is -1.99. The molecule has 3 nitrogen and oxygen atoms in total. The number of aromatic nitrogens is 3. The summed E-state index contributed by atoms with van der Waals surface area (Å²) >= 11 is 5.64. The Morgan fingerprint density at radius 3 is 2.50 bits per heavy atom. The van der Waals surface area contributed by atoms with Gasteiger partial charge in [-0.25, -0.2) is 0 Å². The normalized spacial score (nSPS) is 10.1. The van der Waals surface area contributed by atoms with E-state index in [1.165, 1.54) is 0 Å². The molecule has 0 fully saturated rings. The Bertz CT molecular complexity index is 439. The average molecular weight is 206 g/mol. The Morgan fingerprint density at radius 1 is 1.00 bits per heavy atom. The van der Waals surface area contributed by atoms with E-state index in [0.29, 0.717) is 5.15 Å². The fourth-order valence-electron chi connectivity index (χ4n) is 1.14. The first-order chi connectivity index (χ1) is 6.75.